The second-order valence-corrected chi connectivity index (χ2v) is 6.38. The van der Waals surface area contributed by atoms with Crippen LogP contribution in [0.4, 0.5) is 0 Å². The molecule has 2 heterocycles. The van der Waals surface area contributed by atoms with E-state index >= 15 is 0 Å². The Bertz CT molecular complexity index is 761. The number of rotatable bonds is 9. The summed E-state index contributed by atoms with van der Waals surface area (Å²) in [5.74, 6) is -0.413. The van der Waals surface area contributed by atoms with Crippen LogP contribution in [0.5, 0.6) is 0 Å². The molecule has 0 aliphatic carbocycles. The number of hydrogen-bond acceptors (Lipinski definition) is 9. The Kier molecular flexibility index (Phi) is 7.89. The molecule has 1 aromatic heterocycles. The summed E-state index contributed by atoms with van der Waals surface area (Å²) in [5.41, 5.74) is -1.33. The summed E-state index contributed by atoms with van der Waals surface area (Å²) in [4.78, 5) is 36.9. The number of esters is 1. The molecule has 0 saturated carbocycles. The largest absolute Gasteiger partial charge is 0.466 e. The molecule has 1 aliphatic rings. The molecule has 158 valence electrons. The van der Waals surface area contributed by atoms with Crippen LogP contribution in [0, 0.1) is 0 Å². The molecule has 0 amide bonds. The van der Waals surface area contributed by atoms with Crippen molar-refractivity contribution in [3.8, 4) is 0 Å². The maximum Gasteiger partial charge on any atom is 0.330 e. The molecule has 1 aromatic rings. The van der Waals surface area contributed by atoms with Crippen LogP contribution in [0.2, 0.25) is 0 Å². The van der Waals surface area contributed by atoms with Crippen LogP contribution >= 0.6 is 0 Å². The van der Waals surface area contributed by atoms with Gasteiger partial charge < -0.3 is 29.2 Å². The lowest BCUT2D eigenvalue weighted by Crippen LogP contribution is -2.41. The minimum atomic E-state index is -1.25. The van der Waals surface area contributed by atoms with Gasteiger partial charge in [-0.2, -0.15) is 0 Å². The molecular formula is C17H26N2O9. The zero-order valence-electron chi connectivity index (χ0n) is 15.9. The van der Waals surface area contributed by atoms with Crippen molar-refractivity contribution >= 4 is 5.97 Å². The van der Waals surface area contributed by atoms with Gasteiger partial charge in [-0.05, 0) is 20.8 Å². The van der Waals surface area contributed by atoms with Crippen molar-refractivity contribution < 1.29 is 34.0 Å². The minimum Gasteiger partial charge on any atom is -0.466 e. The number of aliphatic hydroxyl groups is 2. The normalized spacial score (nSPS) is 26.8. The number of aliphatic hydroxyl groups excluding tert-OH is 2. The molecule has 1 saturated heterocycles. The fraction of sp³-hybridized carbons (Fsp3) is 0.706. The lowest BCUT2D eigenvalue weighted by Gasteiger charge is -2.27. The third-order valence-electron chi connectivity index (χ3n) is 4.15. The maximum absolute atomic E-state index is 12.1. The summed E-state index contributed by atoms with van der Waals surface area (Å²) < 4.78 is 22.7. The fourth-order valence-electron chi connectivity index (χ4n) is 2.95. The highest BCUT2D eigenvalue weighted by atomic mass is 16.7. The quantitative estimate of drug-likeness (QED) is 0.345. The average molecular weight is 402 g/mol. The van der Waals surface area contributed by atoms with Gasteiger partial charge >= 0.3 is 11.7 Å². The highest BCUT2D eigenvalue weighted by Gasteiger charge is 2.46. The monoisotopic (exact) mass is 402 g/mol. The lowest BCUT2D eigenvalue weighted by molar-refractivity contribution is -0.211. The highest BCUT2D eigenvalue weighted by molar-refractivity contribution is 5.69. The predicted octanol–water partition coefficient (Wildman–Crippen LogP) is -1.12. The van der Waals surface area contributed by atoms with Crippen molar-refractivity contribution in [1.29, 1.82) is 0 Å². The van der Waals surface area contributed by atoms with Gasteiger partial charge in [0.15, 0.2) is 12.5 Å². The zero-order chi connectivity index (χ0) is 20.8. The maximum atomic E-state index is 12.1. The van der Waals surface area contributed by atoms with Crippen molar-refractivity contribution in [2.45, 2.75) is 64.1 Å². The van der Waals surface area contributed by atoms with E-state index in [0.29, 0.717) is 0 Å². The standard InChI is InChI=1S/C17H26N2O9/c1-4-25-13(22)7-9(2)26-10(3)27-15-14(23)11(8-20)28-16(15)19-6-5-12(21)18-17(19)24/h5-6,9-11,14-16,20,23H,4,7-8H2,1-3H3,(H,18,21,24)/t9?,10?,11-,14-,15-,16-/m1/s1. The molecule has 28 heavy (non-hydrogen) atoms. The molecule has 0 aromatic carbocycles. The van der Waals surface area contributed by atoms with E-state index in [9.17, 15) is 24.6 Å². The van der Waals surface area contributed by atoms with Crippen molar-refractivity contribution in [2.24, 2.45) is 0 Å². The van der Waals surface area contributed by atoms with Crippen LogP contribution in [0.1, 0.15) is 33.4 Å². The first-order valence-corrected chi connectivity index (χ1v) is 8.99. The van der Waals surface area contributed by atoms with Gasteiger partial charge in [-0.15, -0.1) is 0 Å². The molecular weight excluding hydrogens is 376 g/mol. The Hall–Kier alpha value is -2.05. The van der Waals surface area contributed by atoms with Gasteiger partial charge in [-0.1, -0.05) is 0 Å². The number of ether oxygens (including phenoxy) is 4. The summed E-state index contributed by atoms with van der Waals surface area (Å²) in [6.07, 6.45) is -4.55. The molecule has 2 unspecified atom stereocenters. The van der Waals surface area contributed by atoms with E-state index < -0.39 is 60.8 Å². The molecule has 3 N–H and O–H groups in total. The first kappa shape index (κ1) is 22.2. The van der Waals surface area contributed by atoms with Crippen LogP contribution in [0.15, 0.2) is 21.9 Å². The summed E-state index contributed by atoms with van der Waals surface area (Å²) in [5, 5.41) is 19.8. The summed E-state index contributed by atoms with van der Waals surface area (Å²) in [6, 6.07) is 1.13. The first-order chi connectivity index (χ1) is 13.3. The molecule has 0 radical (unpaired) electrons. The van der Waals surface area contributed by atoms with Crippen LogP contribution in [-0.2, 0) is 23.7 Å². The van der Waals surface area contributed by atoms with E-state index in [1.54, 1.807) is 20.8 Å². The molecule has 0 spiro atoms. The van der Waals surface area contributed by atoms with Gasteiger partial charge in [0.1, 0.15) is 18.3 Å². The second kappa shape index (κ2) is 9.94. The Morgan fingerprint density at radius 2 is 2.11 bits per heavy atom. The van der Waals surface area contributed by atoms with Gasteiger partial charge in [0.05, 0.1) is 25.7 Å². The third kappa shape index (κ3) is 5.49. The molecule has 2 rings (SSSR count). The molecule has 11 heteroatoms. The fourth-order valence-corrected chi connectivity index (χ4v) is 2.95. The smallest absolute Gasteiger partial charge is 0.330 e. The Balaban J connectivity index is 2.10. The van der Waals surface area contributed by atoms with Crippen molar-refractivity contribution in [3.05, 3.63) is 33.1 Å². The Morgan fingerprint density at radius 3 is 2.71 bits per heavy atom. The van der Waals surface area contributed by atoms with Gasteiger partial charge in [0, 0.05) is 12.3 Å². The Labute approximate surface area is 160 Å². The van der Waals surface area contributed by atoms with E-state index in [-0.39, 0.29) is 13.0 Å². The zero-order valence-corrected chi connectivity index (χ0v) is 15.9. The first-order valence-electron chi connectivity index (χ1n) is 8.99. The number of nitrogens with one attached hydrogen (secondary N) is 1. The van der Waals surface area contributed by atoms with Gasteiger partial charge in [-0.3, -0.25) is 19.1 Å². The van der Waals surface area contributed by atoms with Crippen LogP contribution in [0.25, 0.3) is 0 Å². The summed E-state index contributed by atoms with van der Waals surface area (Å²) >= 11 is 0. The molecule has 6 atom stereocenters. The minimum absolute atomic E-state index is 0.0212. The predicted molar refractivity (Wildman–Crippen MR) is 94.5 cm³/mol. The van der Waals surface area contributed by atoms with Crippen molar-refractivity contribution in [1.82, 2.24) is 9.55 Å². The molecule has 1 aliphatic heterocycles. The van der Waals surface area contributed by atoms with E-state index in [1.807, 2.05) is 0 Å². The number of aromatic nitrogens is 2. The number of carbonyl (C=O) groups is 1. The van der Waals surface area contributed by atoms with Gasteiger partial charge in [0.25, 0.3) is 5.56 Å². The molecule has 11 nitrogen and oxygen atoms in total. The number of H-pyrrole nitrogens is 1. The summed E-state index contributed by atoms with van der Waals surface area (Å²) in [6.45, 7) is 4.70. The number of hydrogen-bond donors (Lipinski definition) is 3. The van der Waals surface area contributed by atoms with Crippen LogP contribution in [0.3, 0.4) is 0 Å². The average Bonchev–Trinajstić information content (AvgIpc) is 2.90. The number of nitrogens with zero attached hydrogens (tertiary/aromatic N) is 1. The van der Waals surface area contributed by atoms with Gasteiger partial charge in [-0.25, -0.2) is 4.79 Å². The van der Waals surface area contributed by atoms with Crippen molar-refractivity contribution in [3.63, 3.8) is 0 Å². The van der Waals surface area contributed by atoms with Gasteiger partial charge in [0.2, 0.25) is 0 Å². The summed E-state index contributed by atoms with van der Waals surface area (Å²) in [7, 11) is 0. The highest BCUT2D eigenvalue weighted by Crippen LogP contribution is 2.31. The van der Waals surface area contributed by atoms with E-state index in [0.717, 1.165) is 10.6 Å². The second-order valence-electron chi connectivity index (χ2n) is 6.38. The van der Waals surface area contributed by atoms with Crippen LogP contribution < -0.4 is 11.2 Å². The van der Waals surface area contributed by atoms with E-state index in [1.165, 1.54) is 6.20 Å². The van der Waals surface area contributed by atoms with E-state index in [4.69, 9.17) is 18.9 Å². The SMILES string of the molecule is CCOC(=O)CC(C)OC(C)O[C@@H]1[C@H](O)[C@@H](CO)O[C@H]1n1ccc(=O)[nH]c1=O. The van der Waals surface area contributed by atoms with Crippen LogP contribution in [-0.4, -0.2) is 69.7 Å². The number of aromatic amines is 1. The third-order valence-corrected chi connectivity index (χ3v) is 4.15. The lowest BCUT2D eigenvalue weighted by atomic mass is 10.1. The van der Waals surface area contributed by atoms with Crippen molar-refractivity contribution in [2.75, 3.05) is 13.2 Å². The molecule has 1 fully saturated rings. The molecule has 0 bridgehead atoms. The number of carbonyl (C=O) groups excluding carboxylic acids is 1. The Morgan fingerprint density at radius 1 is 1.39 bits per heavy atom. The van der Waals surface area contributed by atoms with E-state index in [2.05, 4.69) is 4.98 Å². The topological polar surface area (TPSA) is 149 Å².